The first-order chi connectivity index (χ1) is 6.13. The highest BCUT2D eigenvalue weighted by Gasteiger charge is 2.57. The van der Waals surface area contributed by atoms with Crippen molar-refractivity contribution in [3.8, 4) is 0 Å². The first-order valence-electron chi connectivity index (χ1n) is 5.01. The fourth-order valence-electron chi connectivity index (χ4n) is 2.72. The Morgan fingerprint density at radius 1 is 1.62 bits per heavy atom. The van der Waals surface area contributed by atoms with Crippen molar-refractivity contribution in [1.82, 2.24) is 0 Å². The Kier molecular flexibility index (Phi) is 1.94. The molecule has 2 nitrogen and oxygen atoms in total. The monoisotopic (exact) mass is 180 g/mol. The molecule has 2 fully saturated rings. The summed E-state index contributed by atoms with van der Waals surface area (Å²) in [6, 6.07) is 0. The van der Waals surface area contributed by atoms with Crippen LogP contribution in [0.15, 0.2) is 12.2 Å². The van der Waals surface area contributed by atoms with Crippen LogP contribution in [0.3, 0.4) is 0 Å². The van der Waals surface area contributed by atoms with E-state index < -0.39 is 5.97 Å². The third-order valence-electron chi connectivity index (χ3n) is 3.79. The second-order valence-electron chi connectivity index (χ2n) is 4.62. The third kappa shape index (κ3) is 1.50. The summed E-state index contributed by atoms with van der Waals surface area (Å²) in [7, 11) is 0. The van der Waals surface area contributed by atoms with Crippen molar-refractivity contribution in [2.24, 2.45) is 17.3 Å². The van der Waals surface area contributed by atoms with Crippen molar-refractivity contribution in [3.05, 3.63) is 12.2 Å². The van der Waals surface area contributed by atoms with Crippen LogP contribution in [0.2, 0.25) is 0 Å². The Hall–Kier alpha value is -0.790. The molecule has 1 N–H and O–H groups in total. The molecule has 0 spiro atoms. The van der Waals surface area contributed by atoms with Crippen molar-refractivity contribution in [2.75, 3.05) is 0 Å². The minimum Gasteiger partial charge on any atom is -0.481 e. The third-order valence-corrected chi connectivity index (χ3v) is 3.79. The molecular formula is C11H16O2. The summed E-state index contributed by atoms with van der Waals surface area (Å²) in [5.41, 5.74) is 0.537. The van der Waals surface area contributed by atoms with E-state index in [9.17, 15) is 4.79 Å². The number of carboxylic acid groups (broad SMARTS) is 1. The second-order valence-corrected chi connectivity index (χ2v) is 4.62. The van der Waals surface area contributed by atoms with Crippen molar-refractivity contribution >= 4 is 5.97 Å². The van der Waals surface area contributed by atoms with Crippen molar-refractivity contribution in [3.63, 3.8) is 0 Å². The van der Waals surface area contributed by atoms with Gasteiger partial charge in [0.1, 0.15) is 0 Å². The summed E-state index contributed by atoms with van der Waals surface area (Å²) in [6.45, 7) is 2.33. The SMILES string of the molecule is CC12CC1CCC2/C=C/CC(=O)O. The summed E-state index contributed by atoms with van der Waals surface area (Å²) in [4.78, 5) is 10.3. The van der Waals surface area contributed by atoms with Gasteiger partial charge in [0.05, 0.1) is 6.42 Å². The molecule has 0 radical (unpaired) electrons. The van der Waals surface area contributed by atoms with E-state index in [1.807, 2.05) is 6.08 Å². The molecule has 2 aliphatic carbocycles. The Bertz CT molecular complexity index is 255. The van der Waals surface area contributed by atoms with E-state index in [4.69, 9.17) is 5.11 Å². The quantitative estimate of drug-likeness (QED) is 0.677. The second kappa shape index (κ2) is 2.86. The van der Waals surface area contributed by atoms with Crippen LogP contribution in [0.4, 0.5) is 0 Å². The molecule has 2 heteroatoms. The number of rotatable bonds is 3. The highest BCUT2D eigenvalue weighted by molar-refractivity contribution is 5.68. The van der Waals surface area contributed by atoms with Crippen LogP contribution in [-0.2, 0) is 4.79 Å². The van der Waals surface area contributed by atoms with Crippen LogP contribution in [0.25, 0.3) is 0 Å². The standard InChI is InChI=1S/C11H16O2/c1-11-7-9(11)6-5-8(11)3-2-4-10(12)13/h2-3,8-9H,4-7H2,1H3,(H,12,13)/b3-2+. The number of hydrogen-bond acceptors (Lipinski definition) is 1. The molecule has 0 aromatic carbocycles. The molecule has 3 atom stereocenters. The lowest BCUT2D eigenvalue weighted by Gasteiger charge is -2.13. The molecule has 13 heavy (non-hydrogen) atoms. The number of allylic oxidation sites excluding steroid dienone is 1. The van der Waals surface area contributed by atoms with Gasteiger partial charge in [0.25, 0.3) is 0 Å². The van der Waals surface area contributed by atoms with Crippen LogP contribution < -0.4 is 0 Å². The molecule has 2 aliphatic rings. The molecular weight excluding hydrogens is 164 g/mol. The zero-order chi connectivity index (χ0) is 9.47. The van der Waals surface area contributed by atoms with Gasteiger partial charge in [-0.05, 0) is 36.5 Å². The fraction of sp³-hybridized carbons (Fsp3) is 0.727. The van der Waals surface area contributed by atoms with Crippen LogP contribution >= 0.6 is 0 Å². The van der Waals surface area contributed by atoms with Gasteiger partial charge in [-0.1, -0.05) is 19.1 Å². The molecule has 2 rings (SSSR count). The predicted molar refractivity (Wildman–Crippen MR) is 50.3 cm³/mol. The lowest BCUT2D eigenvalue weighted by Crippen LogP contribution is -2.05. The van der Waals surface area contributed by atoms with Gasteiger partial charge >= 0.3 is 5.97 Å². The van der Waals surface area contributed by atoms with E-state index in [1.54, 1.807) is 0 Å². The zero-order valence-corrected chi connectivity index (χ0v) is 7.99. The molecule has 0 amide bonds. The van der Waals surface area contributed by atoms with E-state index in [1.165, 1.54) is 19.3 Å². The van der Waals surface area contributed by atoms with E-state index in [0.29, 0.717) is 11.3 Å². The molecule has 0 heterocycles. The Balaban J connectivity index is 1.88. The lowest BCUT2D eigenvalue weighted by atomic mass is 9.92. The van der Waals surface area contributed by atoms with Crippen LogP contribution in [0.5, 0.6) is 0 Å². The van der Waals surface area contributed by atoms with Crippen molar-refractivity contribution in [2.45, 2.75) is 32.6 Å². The summed E-state index contributed by atoms with van der Waals surface area (Å²) in [5.74, 6) is 0.857. The molecule has 72 valence electrons. The average molecular weight is 180 g/mol. The lowest BCUT2D eigenvalue weighted by molar-refractivity contribution is -0.136. The maximum Gasteiger partial charge on any atom is 0.307 e. The van der Waals surface area contributed by atoms with Crippen LogP contribution in [-0.4, -0.2) is 11.1 Å². The molecule has 0 saturated heterocycles. The Morgan fingerprint density at radius 3 is 2.85 bits per heavy atom. The Labute approximate surface area is 78.6 Å². The average Bonchev–Trinajstić information content (AvgIpc) is 2.61. The predicted octanol–water partition coefficient (Wildman–Crippen LogP) is 2.45. The summed E-state index contributed by atoms with van der Waals surface area (Å²) in [6.07, 6.45) is 8.09. The minimum absolute atomic E-state index is 0.178. The maximum atomic E-state index is 10.3. The van der Waals surface area contributed by atoms with Gasteiger partial charge < -0.3 is 5.11 Å². The molecule has 2 saturated carbocycles. The molecule has 0 bridgehead atoms. The van der Waals surface area contributed by atoms with E-state index in [0.717, 1.165) is 5.92 Å². The highest BCUT2D eigenvalue weighted by Crippen LogP contribution is 2.66. The van der Waals surface area contributed by atoms with Gasteiger partial charge in [-0.15, -0.1) is 0 Å². The van der Waals surface area contributed by atoms with E-state index in [2.05, 4.69) is 13.0 Å². The number of aliphatic carboxylic acids is 1. The molecule has 3 unspecified atom stereocenters. The first kappa shape index (κ1) is 8.79. The number of carbonyl (C=O) groups is 1. The van der Waals surface area contributed by atoms with E-state index in [-0.39, 0.29) is 6.42 Å². The molecule has 0 aliphatic heterocycles. The smallest absolute Gasteiger partial charge is 0.307 e. The van der Waals surface area contributed by atoms with Gasteiger partial charge in [0, 0.05) is 0 Å². The Morgan fingerprint density at radius 2 is 2.38 bits per heavy atom. The van der Waals surface area contributed by atoms with Crippen molar-refractivity contribution in [1.29, 1.82) is 0 Å². The van der Waals surface area contributed by atoms with Crippen molar-refractivity contribution < 1.29 is 9.90 Å². The topological polar surface area (TPSA) is 37.3 Å². The highest BCUT2D eigenvalue weighted by atomic mass is 16.4. The van der Waals surface area contributed by atoms with Crippen LogP contribution in [0.1, 0.15) is 32.6 Å². The van der Waals surface area contributed by atoms with Crippen LogP contribution in [0, 0.1) is 17.3 Å². The maximum absolute atomic E-state index is 10.3. The zero-order valence-electron chi connectivity index (χ0n) is 7.99. The summed E-state index contributed by atoms with van der Waals surface area (Å²) in [5, 5.41) is 8.48. The van der Waals surface area contributed by atoms with Gasteiger partial charge in [-0.2, -0.15) is 0 Å². The minimum atomic E-state index is -0.730. The summed E-state index contributed by atoms with van der Waals surface area (Å²) >= 11 is 0. The van der Waals surface area contributed by atoms with Gasteiger partial charge in [0.15, 0.2) is 0 Å². The van der Waals surface area contributed by atoms with Gasteiger partial charge in [0.2, 0.25) is 0 Å². The van der Waals surface area contributed by atoms with Gasteiger partial charge in [-0.25, -0.2) is 0 Å². The summed E-state index contributed by atoms with van der Waals surface area (Å²) < 4.78 is 0. The largest absolute Gasteiger partial charge is 0.481 e. The van der Waals surface area contributed by atoms with E-state index >= 15 is 0 Å². The van der Waals surface area contributed by atoms with Gasteiger partial charge in [-0.3, -0.25) is 4.79 Å². The molecule has 0 aromatic rings. The normalized spacial score (nSPS) is 42.2. The number of hydrogen-bond donors (Lipinski definition) is 1. The number of fused-ring (bicyclic) bond motifs is 1. The number of carboxylic acids is 1. The first-order valence-corrected chi connectivity index (χ1v) is 5.01. The molecule has 0 aromatic heterocycles. The fourth-order valence-corrected chi connectivity index (χ4v) is 2.72.